The molecule has 0 bridgehead atoms. The van der Waals surface area contributed by atoms with Crippen LogP contribution in [0.4, 0.5) is 0 Å². The molecular weight excluding hydrogens is 438 g/mol. The van der Waals surface area contributed by atoms with E-state index in [1.165, 1.54) is 5.56 Å². The van der Waals surface area contributed by atoms with Crippen molar-refractivity contribution in [3.63, 3.8) is 0 Å². The van der Waals surface area contributed by atoms with Crippen molar-refractivity contribution in [1.29, 1.82) is 0 Å². The van der Waals surface area contributed by atoms with Gasteiger partial charge < -0.3 is 10.1 Å². The molecule has 0 saturated carbocycles. The summed E-state index contributed by atoms with van der Waals surface area (Å²) in [6.45, 7) is 2.89. The van der Waals surface area contributed by atoms with E-state index in [9.17, 15) is 9.90 Å². The largest absolute Gasteiger partial charge is 0.480 e. The number of para-hydroxylation sites is 1. The molecule has 0 unspecified atom stereocenters. The standard InChI is InChI=1S/C28H27N5O2/c1-19-11-13-20(14-12-19)18-33-31-26(27(32-33)21-7-3-2-4-8-21)17-30-25(28(34)35)15-22-16-29-24-10-6-5-9-23(22)24/h2-14,16,25,29-30H,15,17-18H2,1H3,(H,34,35)/t25-/m0/s1. The van der Waals surface area contributed by atoms with Gasteiger partial charge in [-0.25, -0.2) is 0 Å². The number of nitrogens with zero attached hydrogens (tertiary/aromatic N) is 3. The number of fused-ring (bicyclic) bond motifs is 1. The van der Waals surface area contributed by atoms with Crippen LogP contribution in [-0.2, 0) is 24.3 Å². The number of carboxylic acids is 1. The third kappa shape index (κ3) is 5.15. The van der Waals surface area contributed by atoms with Gasteiger partial charge in [0.05, 0.1) is 6.54 Å². The summed E-state index contributed by atoms with van der Waals surface area (Å²) in [4.78, 5) is 17.0. The fourth-order valence-electron chi connectivity index (χ4n) is 4.24. The Morgan fingerprint density at radius 1 is 1.00 bits per heavy atom. The Bertz CT molecular complexity index is 1440. The zero-order chi connectivity index (χ0) is 24.2. The highest BCUT2D eigenvalue weighted by Crippen LogP contribution is 2.22. The molecule has 0 saturated heterocycles. The summed E-state index contributed by atoms with van der Waals surface area (Å²) in [5.41, 5.74) is 6.68. The van der Waals surface area contributed by atoms with Crippen molar-refractivity contribution in [1.82, 2.24) is 25.3 Å². The molecule has 0 amide bonds. The molecule has 5 aromatic rings. The van der Waals surface area contributed by atoms with Gasteiger partial charge in [0.2, 0.25) is 0 Å². The first-order valence-electron chi connectivity index (χ1n) is 11.6. The monoisotopic (exact) mass is 465 g/mol. The van der Waals surface area contributed by atoms with Gasteiger partial charge in [-0.1, -0.05) is 78.4 Å². The number of rotatable bonds is 9. The third-order valence-corrected chi connectivity index (χ3v) is 6.13. The molecule has 7 heteroatoms. The second kappa shape index (κ2) is 9.95. The maximum atomic E-state index is 12.1. The number of aliphatic carboxylic acids is 1. The highest BCUT2D eigenvalue weighted by Gasteiger charge is 2.21. The topological polar surface area (TPSA) is 95.8 Å². The number of carboxylic acid groups (broad SMARTS) is 1. The summed E-state index contributed by atoms with van der Waals surface area (Å²) in [5.74, 6) is -0.899. The molecule has 2 aromatic heterocycles. The quantitative estimate of drug-likeness (QED) is 0.296. The molecule has 3 aromatic carbocycles. The summed E-state index contributed by atoms with van der Waals surface area (Å²) in [6.07, 6.45) is 2.24. The minimum absolute atomic E-state index is 0.289. The molecule has 0 aliphatic heterocycles. The minimum atomic E-state index is -0.899. The van der Waals surface area contributed by atoms with Crippen LogP contribution in [0.5, 0.6) is 0 Å². The molecule has 0 aliphatic carbocycles. The van der Waals surface area contributed by atoms with Crippen LogP contribution in [0.25, 0.3) is 22.2 Å². The highest BCUT2D eigenvalue weighted by molar-refractivity contribution is 5.84. The Morgan fingerprint density at radius 2 is 1.74 bits per heavy atom. The van der Waals surface area contributed by atoms with E-state index in [1.54, 1.807) is 4.80 Å². The summed E-state index contributed by atoms with van der Waals surface area (Å²) in [7, 11) is 0. The number of aryl methyl sites for hydroxylation is 1. The Kier molecular flexibility index (Phi) is 6.41. The summed E-state index contributed by atoms with van der Waals surface area (Å²) in [6, 6.07) is 25.3. The van der Waals surface area contributed by atoms with Gasteiger partial charge in [0, 0.05) is 35.6 Å². The predicted molar refractivity (Wildman–Crippen MR) is 136 cm³/mol. The van der Waals surface area contributed by atoms with Crippen molar-refractivity contribution in [2.75, 3.05) is 0 Å². The first kappa shape index (κ1) is 22.6. The van der Waals surface area contributed by atoms with E-state index in [0.717, 1.165) is 33.3 Å². The number of carbonyl (C=O) groups is 1. The average molecular weight is 466 g/mol. The summed E-state index contributed by atoms with van der Waals surface area (Å²) in [5, 5.41) is 23.6. The lowest BCUT2D eigenvalue weighted by Crippen LogP contribution is -2.38. The van der Waals surface area contributed by atoms with Crippen LogP contribution < -0.4 is 5.32 Å². The van der Waals surface area contributed by atoms with Crippen LogP contribution >= 0.6 is 0 Å². The van der Waals surface area contributed by atoms with Crippen molar-refractivity contribution >= 4 is 16.9 Å². The highest BCUT2D eigenvalue weighted by atomic mass is 16.4. The maximum absolute atomic E-state index is 12.1. The number of aromatic amines is 1. The van der Waals surface area contributed by atoms with Crippen molar-refractivity contribution in [3.8, 4) is 11.3 Å². The smallest absolute Gasteiger partial charge is 0.321 e. The summed E-state index contributed by atoms with van der Waals surface area (Å²) >= 11 is 0. The number of H-pyrrole nitrogens is 1. The molecule has 0 radical (unpaired) electrons. The lowest BCUT2D eigenvalue weighted by Gasteiger charge is -2.13. The molecular formula is C28H27N5O2. The third-order valence-electron chi connectivity index (χ3n) is 6.13. The lowest BCUT2D eigenvalue weighted by atomic mass is 10.0. The lowest BCUT2D eigenvalue weighted by molar-refractivity contribution is -0.139. The Balaban J connectivity index is 1.38. The van der Waals surface area contributed by atoms with Crippen LogP contribution in [0, 0.1) is 6.92 Å². The van der Waals surface area contributed by atoms with Crippen LogP contribution in [0.1, 0.15) is 22.4 Å². The van der Waals surface area contributed by atoms with Crippen LogP contribution in [0.2, 0.25) is 0 Å². The van der Waals surface area contributed by atoms with Crippen molar-refractivity contribution in [2.45, 2.75) is 32.5 Å². The molecule has 0 fully saturated rings. The van der Waals surface area contributed by atoms with E-state index in [1.807, 2.05) is 60.8 Å². The Hall–Kier alpha value is -4.23. The molecule has 5 rings (SSSR count). The van der Waals surface area contributed by atoms with Gasteiger partial charge in [-0.15, -0.1) is 0 Å². The SMILES string of the molecule is Cc1ccc(Cn2nc(CN[C@@H](Cc3c[nH]c4ccccc34)C(=O)O)c(-c3ccccc3)n2)cc1. The van der Waals surface area contributed by atoms with E-state index in [-0.39, 0.29) is 6.54 Å². The second-order valence-corrected chi connectivity index (χ2v) is 8.71. The maximum Gasteiger partial charge on any atom is 0.321 e. The number of hydrogen-bond donors (Lipinski definition) is 3. The van der Waals surface area contributed by atoms with Gasteiger partial charge in [-0.2, -0.15) is 15.0 Å². The predicted octanol–water partition coefficient (Wildman–Crippen LogP) is 4.57. The first-order chi connectivity index (χ1) is 17.1. The Morgan fingerprint density at radius 3 is 2.51 bits per heavy atom. The van der Waals surface area contributed by atoms with E-state index >= 15 is 0 Å². The molecule has 35 heavy (non-hydrogen) atoms. The fraction of sp³-hybridized carbons (Fsp3) is 0.179. The van der Waals surface area contributed by atoms with E-state index < -0.39 is 12.0 Å². The zero-order valence-corrected chi connectivity index (χ0v) is 19.5. The van der Waals surface area contributed by atoms with E-state index in [0.29, 0.717) is 18.7 Å². The number of benzene rings is 3. The van der Waals surface area contributed by atoms with Gasteiger partial charge in [-0.05, 0) is 24.1 Å². The van der Waals surface area contributed by atoms with Crippen LogP contribution in [0.3, 0.4) is 0 Å². The van der Waals surface area contributed by atoms with Crippen LogP contribution in [0.15, 0.2) is 85.1 Å². The molecule has 0 aliphatic rings. The van der Waals surface area contributed by atoms with Crippen LogP contribution in [-0.4, -0.2) is 37.1 Å². The summed E-state index contributed by atoms with van der Waals surface area (Å²) < 4.78 is 0. The molecule has 2 heterocycles. The molecule has 7 nitrogen and oxygen atoms in total. The average Bonchev–Trinajstić information content (AvgIpc) is 3.47. The van der Waals surface area contributed by atoms with Gasteiger partial charge in [0.15, 0.2) is 0 Å². The fourth-order valence-corrected chi connectivity index (χ4v) is 4.24. The zero-order valence-electron chi connectivity index (χ0n) is 19.5. The first-order valence-corrected chi connectivity index (χ1v) is 11.6. The molecule has 3 N–H and O–H groups in total. The minimum Gasteiger partial charge on any atom is -0.480 e. The van der Waals surface area contributed by atoms with E-state index in [2.05, 4.69) is 41.5 Å². The second-order valence-electron chi connectivity index (χ2n) is 8.71. The number of nitrogens with one attached hydrogen (secondary N) is 2. The number of hydrogen-bond acceptors (Lipinski definition) is 4. The number of aromatic nitrogens is 4. The van der Waals surface area contributed by atoms with Gasteiger partial charge in [0.25, 0.3) is 0 Å². The van der Waals surface area contributed by atoms with Crippen molar-refractivity contribution in [3.05, 3.63) is 107 Å². The van der Waals surface area contributed by atoms with Gasteiger partial charge >= 0.3 is 5.97 Å². The van der Waals surface area contributed by atoms with Crippen molar-refractivity contribution in [2.24, 2.45) is 0 Å². The normalized spacial score (nSPS) is 12.1. The van der Waals surface area contributed by atoms with Gasteiger partial charge in [-0.3, -0.25) is 10.1 Å². The molecule has 1 atom stereocenters. The van der Waals surface area contributed by atoms with Crippen molar-refractivity contribution < 1.29 is 9.90 Å². The molecule has 0 spiro atoms. The van der Waals surface area contributed by atoms with E-state index in [4.69, 9.17) is 10.2 Å². The Labute approximate surface area is 203 Å². The molecule has 176 valence electrons. The van der Waals surface area contributed by atoms with Gasteiger partial charge in [0.1, 0.15) is 17.4 Å².